The maximum Gasteiger partial charge on any atom is 0.190 e. The molecule has 1 aliphatic rings. The van der Waals surface area contributed by atoms with Crippen LogP contribution >= 0.6 is 0 Å². The molecule has 0 heterocycles. The number of benzene rings is 4. The van der Waals surface area contributed by atoms with Crippen molar-refractivity contribution in [3.8, 4) is 16.9 Å². The number of hydrogen-bond acceptors (Lipinski definition) is 2. The summed E-state index contributed by atoms with van der Waals surface area (Å²) in [6.07, 6.45) is 2.03. The average molecular weight is 435 g/mol. The molecule has 0 amide bonds. The van der Waals surface area contributed by atoms with Crippen LogP contribution in [-0.4, -0.2) is 10.9 Å². The Hall–Kier alpha value is -3.39. The normalized spacial score (nSPS) is 14.1. The molecular weight excluding hydrogens is 404 g/mol. The highest BCUT2D eigenvalue weighted by Crippen LogP contribution is 2.46. The predicted molar refractivity (Wildman–Crippen MR) is 139 cm³/mol. The molecule has 1 N–H and O–H groups in total. The zero-order chi connectivity index (χ0) is 23.7. The summed E-state index contributed by atoms with van der Waals surface area (Å²) in [6.45, 7) is 12.6. The van der Waals surface area contributed by atoms with Gasteiger partial charge in [0.25, 0.3) is 0 Å². The molecule has 4 aromatic carbocycles. The number of carbonyl (C=O) groups is 1. The minimum Gasteiger partial charge on any atom is -0.507 e. The number of aromatic hydroxyl groups is 1. The lowest BCUT2D eigenvalue weighted by Crippen LogP contribution is -2.21. The monoisotopic (exact) mass is 434 g/mol. The van der Waals surface area contributed by atoms with Crippen LogP contribution in [0.4, 0.5) is 0 Å². The highest BCUT2D eigenvalue weighted by Gasteiger charge is 2.32. The second-order valence-electron chi connectivity index (χ2n) is 11.2. The zero-order valence-corrected chi connectivity index (χ0v) is 20.2. The molecule has 0 bridgehead atoms. The lowest BCUT2D eigenvalue weighted by molar-refractivity contribution is 0.101. The molecule has 0 atom stereocenters. The predicted octanol–water partition coefficient (Wildman–Crippen LogP) is 8.29. The average Bonchev–Trinajstić information content (AvgIpc) is 2.75. The van der Waals surface area contributed by atoms with Crippen molar-refractivity contribution in [2.45, 2.75) is 47.0 Å². The van der Waals surface area contributed by atoms with E-state index in [0.29, 0.717) is 5.56 Å². The quantitative estimate of drug-likeness (QED) is 0.327. The van der Waals surface area contributed by atoms with E-state index in [1.54, 1.807) is 0 Å². The van der Waals surface area contributed by atoms with E-state index >= 15 is 0 Å². The summed E-state index contributed by atoms with van der Waals surface area (Å²) in [7, 11) is 0. The Morgan fingerprint density at radius 2 is 1.42 bits per heavy atom. The number of phenols is 1. The SMILES string of the molecule is CC(C)(C)C1=Cc2cc(C(C)(C)C)c(O)c3cc(-c4cccc5ccccc45)cc(c23)C1=O. The number of hydrogen-bond donors (Lipinski definition) is 1. The third kappa shape index (κ3) is 3.36. The molecule has 0 aromatic heterocycles. The number of ketones is 1. The first kappa shape index (κ1) is 21.5. The molecule has 1 aliphatic carbocycles. The van der Waals surface area contributed by atoms with Gasteiger partial charge in [-0.3, -0.25) is 4.79 Å². The molecule has 4 aromatic rings. The van der Waals surface area contributed by atoms with Gasteiger partial charge in [0.05, 0.1) is 0 Å². The van der Waals surface area contributed by atoms with Crippen molar-refractivity contribution < 1.29 is 9.90 Å². The topological polar surface area (TPSA) is 37.3 Å². The molecule has 0 aliphatic heterocycles. The third-order valence-corrected chi connectivity index (χ3v) is 6.74. The minimum absolute atomic E-state index is 0.0463. The summed E-state index contributed by atoms with van der Waals surface area (Å²) in [5.74, 6) is 0.315. The van der Waals surface area contributed by atoms with Gasteiger partial charge in [0.2, 0.25) is 0 Å². The molecule has 166 valence electrons. The Morgan fingerprint density at radius 3 is 2.12 bits per heavy atom. The number of phenolic OH excluding ortho intramolecular Hbond substituents is 1. The first-order valence-corrected chi connectivity index (χ1v) is 11.6. The molecule has 0 unspecified atom stereocenters. The van der Waals surface area contributed by atoms with Crippen molar-refractivity contribution in [3.63, 3.8) is 0 Å². The van der Waals surface area contributed by atoms with Crippen LogP contribution in [0, 0.1) is 5.41 Å². The van der Waals surface area contributed by atoms with Gasteiger partial charge in [0.15, 0.2) is 5.78 Å². The standard InChI is InChI=1S/C31H30O2/c1-30(2,3)25-16-20-17-26(31(4,5)6)29(33)24-15-19(14-23(27(20)24)28(25)32)22-13-9-11-18-10-7-8-12-21(18)22/h7-17,32H,1-6H3. The number of allylic oxidation sites excluding steroid dienone is 1. The molecular formula is C31H30O2. The van der Waals surface area contributed by atoms with E-state index in [-0.39, 0.29) is 22.4 Å². The minimum atomic E-state index is -0.281. The lowest BCUT2D eigenvalue weighted by atomic mass is 9.74. The molecule has 0 fully saturated rings. The maximum atomic E-state index is 13.7. The number of fused-ring (bicyclic) bond motifs is 1. The summed E-state index contributed by atoms with van der Waals surface area (Å²) in [6, 6.07) is 20.7. The summed E-state index contributed by atoms with van der Waals surface area (Å²) in [5, 5.41) is 15.3. The molecule has 0 saturated carbocycles. The van der Waals surface area contributed by atoms with E-state index in [1.807, 2.05) is 30.3 Å². The second kappa shape index (κ2) is 7.05. The van der Waals surface area contributed by atoms with Gasteiger partial charge >= 0.3 is 0 Å². The van der Waals surface area contributed by atoms with Crippen LogP contribution in [-0.2, 0) is 5.41 Å². The molecule has 0 spiro atoms. The van der Waals surface area contributed by atoms with E-state index in [9.17, 15) is 9.90 Å². The summed E-state index contributed by atoms with van der Waals surface area (Å²) >= 11 is 0. The van der Waals surface area contributed by atoms with Gasteiger partial charge < -0.3 is 5.11 Å². The number of Topliss-reactive ketones (excluding diaryl/α,β-unsaturated/α-hetero) is 1. The fourth-order valence-electron chi connectivity index (χ4n) is 5.00. The molecule has 2 nitrogen and oxygen atoms in total. The van der Waals surface area contributed by atoms with Gasteiger partial charge in [-0.1, -0.05) is 84.0 Å². The maximum absolute atomic E-state index is 13.7. The summed E-state index contributed by atoms with van der Waals surface area (Å²) in [5.41, 5.74) is 4.88. The van der Waals surface area contributed by atoms with Crippen LogP contribution in [0.15, 0.2) is 66.2 Å². The number of carbonyl (C=O) groups excluding carboxylic acids is 1. The van der Waals surface area contributed by atoms with Gasteiger partial charge in [-0.25, -0.2) is 0 Å². The third-order valence-electron chi connectivity index (χ3n) is 6.74. The summed E-state index contributed by atoms with van der Waals surface area (Å²) < 4.78 is 0. The van der Waals surface area contributed by atoms with Crippen molar-refractivity contribution in [1.29, 1.82) is 0 Å². The Bertz CT molecular complexity index is 1480. The van der Waals surface area contributed by atoms with Gasteiger partial charge in [0, 0.05) is 27.5 Å². The largest absolute Gasteiger partial charge is 0.507 e. The van der Waals surface area contributed by atoms with Crippen molar-refractivity contribution >= 4 is 33.4 Å². The molecule has 5 rings (SSSR count). The fourth-order valence-corrected chi connectivity index (χ4v) is 5.00. The van der Waals surface area contributed by atoms with Gasteiger partial charge in [-0.2, -0.15) is 0 Å². The molecule has 0 radical (unpaired) electrons. The fraction of sp³-hybridized carbons (Fsp3) is 0.258. The van der Waals surface area contributed by atoms with Crippen molar-refractivity contribution in [2.24, 2.45) is 5.41 Å². The van der Waals surface area contributed by atoms with Crippen molar-refractivity contribution in [2.75, 3.05) is 0 Å². The van der Waals surface area contributed by atoms with E-state index < -0.39 is 0 Å². The zero-order valence-electron chi connectivity index (χ0n) is 20.2. The Kier molecular flexibility index (Phi) is 4.59. The number of rotatable bonds is 1. The van der Waals surface area contributed by atoms with Gasteiger partial charge in [-0.15, -0.1) is 0 Å². The van der Waals surface area contributed by atoms with Crippen LogP contribution in [0.25, 0.3) is 38.7 Å². The van der Waals surface area contributed by atoms with Crippen molar-refractivity contribution in [1.82, 2.24) is 0 Å². The van der Waals surface area contributed by atoms with Gasteiger partial charge in [0.1, 0.15) is 5.75 Å². The smallest absolute Gasteiger partial charge is 0.190 e. The lowest BCUT2D eigenvalue weighted by Gasteiger charge is -2.29. The van der Waals surface area contributed by atoms with Crippen LogP contribution < -0.4 is 0 Å². The van der Waals surface area contributed by atoms with Crippen LogP contribution in [0.3, 0.4) is 0 Å². The van der Waals surface area contributed by atoms with Crippen LogP contribution in [0.5, 0.6) is 5.75 Å². The van der Waals surface area contributed by atoms with E-state index in [1.165, 1.54) is 0 Å². The van der Waals surface area contributed by atoms with Crippen LogP contribution in [0.1, 0.15) is 63.0 Å². The molecule has 33 heavy (non-hydrogen) atoms. The van der Waals surface area contributed by atoms with E-state index in [4.69, 9.17) is 0 Å². The first-order chi connectivity index (χ1) is 15.5. The van der Waals surface area contributed by atoms with E-state index in [0.717, 1.165) is 49.4 Å². The van der Waals surface area contributed by atoms with Crippen molar-refractivity contribution in [3.05, 3.63) is 82.9 Å². The Labute approximate surface area is 195 Å². The Balaban J connectivity index is 1.92. The Morgan fingerprint density at radius 1 is 0.727 bits per heavy atom. The van der Waals surface area contributed by atoms with Crippen LogP contribution in [0.2, 0.25) is 0 Å². The summed E-state index contributed by atoms with van der Waals surface area (Å²) in [4.78, 5) is 13.7. The molecule has 2 heteroatoms. The highest BCUT2D eigenvalue weighted by molar-refractivity contribution is 6.25. The molecule has 0 saturated heterocycles. The highest BCUT2D eigenvalue weighted by atomic mass is 16.3. The second-order valence-corrected chi connectivity index (χ2v) is 11.2. The van der Waals surface area contributed by atoms with Gasteiger partial charge in [-0.05, 0) is 62.6 Å². The first-order valence-electron chi connectivity index (χ1n) is 11.6. The van der Waals surface area contributed by atoms with E-state index in [2.05, 4.69) is 77.9 Å².